The molecule has 29 heavy (non-hydrogen) atoms. The molecule has 0 bridgehead atoms. The number of hydrogen-bond acceptors (Lipinski definition) is 7. The van der Waals surface area contributed by atoms with E-state index in [2.05, 4.69) is 0 Å². The molecule has 1 aliphatic carbocycles. The summed E-state index contributed by atoms with van der Waals surface area (Å²) >= 11 is 0. The maximum absolute atomic E-state index is 12.4. The largest absolute Gasteiger partial charge is 0.456 e. The van der Waals surface area contributed by atoms with Gasteiger partial charge in [0.25, 0.3) is 10.1 Å². The average molecular weight is 420 g/mol. The summed E-state index contributed by atoms with van der Waals surface area (Å²) in [6, 6.07) is 14.6. The molecule has 8 heteroatoms. The second kappa shape index (κ2) is 9.04. The van der Waals surface area contributed by atoms with Crippen molar-refractivity contribution in [3.8, 4) is 0 Å². The predicted octanol–water partition coefficient (Wildman–Crippen LogP) is 2.06. The highest BCUT2D eigenvalue weighted by Gasteiger charge is 2.38. The van der Waals surface area contributed by atoms with Crippen LogP contribution in [0.5, 0.6) is 0 Å². The van der Waals surface area contributed by atoms with Crippen molar-refractivity contribution in [1.82, 2.24) is 0 Å². The van der Waals surface area contributed by atoms with Gasteiger partial charge in [0, 0.05) is 12.3 Å². The molecule has 156 valence electrons. The standard InChI is InChI=1S/C21H24O7S/c1-14-7-9-17(10-8-14)29(25,26)27-13-16-11-20(19(23)12-18(16)22)28-21(24)15-5-3-2-4-6-15/h2-10,16,18-20,22-23H,11-13H2,1H3/t16?,18?,19-,20-/m1/s1. The number of aliphatic hydroxyl groups excluding tert-OH is 2. The third-order valence-corrected chi connectivity index (χ3v) is 6.30. The third kappa shape index (κ3) is 5.42. The molecule has 1 fully saturated rings. The Labute approximate surface area is 170 Å². The van der Waals surface area contributed by atoms with Crippen LogP contribution in [-0.2, 0) is 19.0 Å². The Bertz CT molecular complexity index is 925. The minimum absolute atomic E-state index is 0.0282. The van der Waals surface area contributed by atoms with Gasteiger partial charge in [-0.1, -0.05) is 35.9 Å². The summed E-state index contributed by atoms with van der Waals surface area (Å²) in [5, 5.41) is 20.4. The molecule has 4 atom stereocenters. The summed E-state index contributed by atoms with van der Waals surface area (Å²) in [4.78, 5) is 12.3. The molecule has 0 heterocycles. The highest BCUT2D eigenvalue weighted by Crippen LogP contribution is 2.29. The van der Waals surface area contributed by atoms with Crippen molar-refractivity contribution in [3.05, 3.63) is 65.7 Å². The lowest BCUT2D eigenvalue weighted by Gasteiger charge is -2.36. The molecule has 2 unspecified atom stereocenters. The van der Waals surface area contributed by atoms with Gasteiger partial charge in [0.2, 0.25) is 0 Å². The molecule has 2 aromatic rings. The van der Waals surface area contributed by atoms with Gasteiger partial charge >= 0.3 is 5.97 Å². The quantitative estimate of drug-likeness (QED) is 0.544. The van der Waals surface area contributed by atoms with Crippen LogP contribution in [-0.4, -0.2) is 49.5 Å². The van der Waals surface area contributed by atoms with E-state index in [0.717, 1.165) is 5.56 Å². The van der Waals surface area contributed by atoms with Crippen LogP contribution in [0.15, 0.2) is 59.5 Å². The number of ether oxygens (including phenoxy) is 1. The van der Waals surface area contributed by atoms with Crippen molar-refractivity contribution in [2.45, 2.75) is 43.0 Å². The maximum Gasteiger partial charge on any atom is 0.338 e. The van der Waals surface area contributed by atoms with Gasteiger partial charge in [-0.25, -0.2) is 4.79 Å². The Hall–Kier alpha value is -2.26. The van der Waals surface area contributed by atoms with Crippen molar-refractivity contribution in [2.24, 2.45) is 5.92 Å². The molecule has 3 rings (SSSR count). The van der Waals surface area contributed by atoms with E-state index >= 15 is 0 Å². The van der Waals surface area contributed by atoms with E-state index in [1.54, 1.807) is 42.5 Å². The number of esters is 1. The lowest BCUT2D eigenvalue weighted by Crippen LogP contribution is -2.45. The van der Waals surface area contributed by atoms with E-state index in [4.69, 9.17) is 8.92 Å². The monoisotopic (exact) mass is 420 g/mol. The van der Waals surface area contributed by atoms with E-state index in [9.17, 15) is 23.4 Å². The van der Waals surface area contributed by atoms with Gasteiger partial charge in [-0.15, -0.1) is 0 Å². The van der Waals surface area contributed by atoms with Gasteiger partial charge in [0.15, 0.2) is 0 Å². The summed E-state index contributed by atoms with van der Waals surface area (Å²) in [5.41, 5.74) is 1.27. The smallest absolute Gasteiger partial charge is 0.338 e. The fraction of sp³-hybridized carbons (Fsp3) is 0.381. The highest BCUT2D eigenvalue weighted by atomic mass is 32.2. The Kier molecular flexibility index (Phi) is 6.69. The summed E-state index contributed by atoms with van der Waals surface area (Å²) in [7, 11) is -3.98. The zero-order valence-electron chi connectivity index (χ0n) is 16.0. The van der Waals surface area contributed by atoms with E-state index in [1.807, 2.05) is 6.92 Å². The molecule has 0 aliphatic heterocycles. The van der Waals surface area contributed by atoms with Crippen molar-refractivity contribution in [2.75, 3.05) is 6.61 Å². The highest BCUT2D eigenvalue weighted by molar-refractivity contribution is 7.86. The number of hydrogen-bond donors (Lipinski definition) is 2. The fourth-order valence-electron chi connectivity index (χ4n) is 3.24. The van der Waals surface area contributed by atoms with Crippen LogP contribution in [0.25, 0.3) is 0 Å². The second-order valence-corrected chi connectivity index (χ2v) is 8.84. The summed E-state index contributed by atoms with van der Waals surface area (Å²) < 4.78 is 35.2. The number of carbonyl (C=O) groups is 1. The molecule has 2 N–H and O–H groups in total. The first kappa shape index (κ1) is 21.4. The Morgan fingerprint density at radius 2 is 1.66 bits per heavy atom. The predicted molar refractivity (Wildman–Crippen MR) is 105 cm³/mol. The van der Waals surface area contributed by atoms with E-state index in [1.165, 1.54) is 12.1 Å². The van der Waals surface area contributed by atoms with Crippen LogP contribution >= 0.6 is 0 Å². The molecule has 7 nitrogen and oxygen atoms in total. The van der Waals surface area contributed by atoms with Crippen LogP contribution in [0.3, 0.4) is 0 Å². The molecular formula is C21H24O7S. The Morgan fingerprint density at radius 3 is 2.31 bits per heavy atom. The lowest BCUT2D eigenvalue weighted by atomic mass is 9.83. The molecule has 0 radical (unpaired) electrons. The number of benzene rings is 2. The second-order valence-electron chi connectivity index (χ2n) is 7.23. The molecule has 0 saturated heterocycles. The normalized spacial score (nSPS) is 24.8. The SMILES string of the molecule is Cc1ccc(S(=O)(=O)OCC2C[C@@H](OC(=O)c3ccccc3)[C@H](O)CC2O)cc1. The van der Waals surface area contributed by atoms with Gasteiger partial charge in [-0.2, -0.15) is 8.42 Å². The minimum atomic E-state index is -3.98. The van der Waals surface area contributed by atoms with Crippen LogP contribution < -0.4 is 0 Å². The van der Waals surface area contributed by atoms with Crippen molar-refractivity contribution in [1.29, 1.82) is 0 Å². The Morgan fingerprint density at radius 1 is 1.00 bits per heavy atom. The summed E-state index contributed by atoms with van der Waals surface area (Å²) in [6.07, 6.45) is -2.82. The minimum Gasteiger partial charge on any atom is -0.456 e. The van der Waals surface area contributed by atoms with Crippen molar-refractivity contribution in [3.63, 3.8) is 0 Å². The van der Waals surface area contributed by atoms with Gasteiger partial charge < -0.3 is 14.9 Å². The first-order chi connectivity index (χ1) is 13.8. The third-order valence-electron chi connectivity index (χ3n) is 5.01. The fourth-order valence-corrected chi connectivity index (χ4v) is 4.20. The van der Waals surface area contributed by atoms with Crippen LogP contribution in [0.4, 0.5) is 0 Å². The van der Waals surface area contributed by atoms with Gasteiger partial charge in [-0.3, -0.25) is 4.18 Å². The molecule has 1 saturated carbocycles. The van der Waals surface area contributed by atoms with Gasteiger partial charge in [0.05, 0.1) is 29.3 Å². The van der Waals surface area contributed by atoms with Crippen molar-refractivity contribution < 1.29 is 32.3 Å². The summed E-state index contributed by atoms with van der Waals surface area (Å²) in [5.74, 6) is -1.19. The van der Waals surface area contributed by atoms with E-state index < -0.39 is 40.3 Å². The topological polar surface area (TPSA) is 110 Å². The first-order valence-corrected chi connectivity index (χ1v) is 10.8. The molecular weight excluding hydrogens is 396 g/mol. The number of aryl methyl sites for hydroxylation is 1. The van der Waals surface area contributed by atoms with Gasteiger partial charge in [0.1, 0.15) is 6.10 Å². The van der Waals surface area contributed by atoms with E-state index in [-0.39, 0.29) is 24.3 Å². The molecule has 0 amide bonds. The first-order valence-electron chi connectivity index (χ1n) is 9.34. The maximum atomic E-state index is 12.4. The average Bonchev–Trinajstić information content (AvgIpc) is 2.70. The van der Waals surface area contributed by atoms with E-state index in [0.29, 0.717) is 5.56 Å². The molecule has 2 aromatic carbocycles. The zero-order valence-corrected chi connectivity index (χ0v) is 16.8. The number of aliphatic hydroxyl groups is 2. The molecule has 0 spiro atoms. The molecule has 0 aromatic heterocycles. The van der Waals surface area contributed by atoms with Crippen molar-refractivity contribution >= 4 is 16.1 Å². The van der Waals surface area contributed by atoms with Crippen LogP contribution in [0.1, 0.15) is 28.8 Å². The number of carbonyl (C=O) groups excluding carboxylic acids is 1. The van der Waals surface area contributed by atoms with Crippen LogP contribution in [0.2, 0.25) is 0 Å². The van der Waals surface area contributed by atoms with Crippen LogP contribution in [0, 0.1) is 12.8 Å². The number of rotatable bonds is 6. The lowest BCUT2D eigenvalue weighted by molar-refractivity contribution is -0.0924. The zero-order chi connectivity index (χ0) is 21.0. The molecule has 1 aliphatic rings. The van der Waals surface area contributed by atoms with Gasteiger partial charge in [-0.05, 0) is 37.6 Å². The Balaban J connectivity index is 1.63. The summed E-state index contributed by atoms with van der Waals surface area (Å²) in [6.45, 7) is 1.57.